The number of nitrogens with one attached hydrogen (secondary N) is 1. The first kappa shape index (κ1) is 15.0. The quantitative estimate of drug-likeness (QED) is 0.816. The van der Waals surface area contributed by atoms with E-state index in [-0.39, 0.29) is 17.4 Å². The topological polar surface area (TPSA) is 49.3 Å². The molecule has 0 heterocycles. The Morgan fingerprint density at radius 1 is 1.10 bits per heavy atom. The van der Waals surface area contributed by atoms with Crippen LogP contribution >= 0.6 is 35.0 Å². The average molecular weight is 328 g/mol. The lowest BCUT2D eigenvalue weighted by atomic mass is 10.3. The van der Waals surface area contributed by atoms with E-state index < -0.39 is 0 Å². The van der Waals surface area contributed by atoms with Crippen molar-refractivity contribution >= 4 is 46.6 Å². The Morgan fingerprint density at radius 3 is 2.30 bits per heavy atom. The number of anilines is 1. The molecule has 2 rings (SSSR count). The van der Waals surface area contributed by atoms with Gasteiger partial charge < -0.3 is 10.4 Å². The zero-order valence-corrected chi connectivity index (χ0v) is 12.6. The third kappa shape index (κ3) is 4.07. The largest absolute Gasteiger partial charge is 0.508 e. The molecule has 0 aliphatic carbocycles. The maximum absolute atomic E-state index is 11.9. The predicted molar refractivity (Wildman–Crippen MR) is 83.9 cm³/mol. The number of amides is 1. The van der Waals surface area contributed by atoms with Crippen LogP contribution in [0, 0.1) is 0 Å². The first-order chi connectivity index (χ1) is 9.56. The molecule has 0 saturated heterocycles. The number of rotatable bonds is 4. The first-order valence-corrected chi connectivity index (χ1v) is 7.46. The summed E-state index contributed by atoms with van der Waals surface area (Å²) in [6, 6.07) is 11.7. The van der Waals surface area contributed by atoms with E-state index in [2.05, 4.69) is 5.32 Å². The summed E-state index contributed by atoms with van der Waals surface area (Å²) in [7, 11) is 0. The second-order valence-electron chi connectivity index (χ2n) is 3.93. The van der Waals surface area contributed by atoms with Gasteiger partial charge >= 0.3 is 0 Å². The fourth-order valence-corrected chi connectivity index (χ4v) is 2.67. The molecular weight excluding hydrogens is 317 g/mol. The zero-order chi connectivity index (χ0) is 14.5. The first-order valence-electron chi connectivity index (χ1n) is 5.72. The molecule has 2 aromatic rings. The van der Waals surface area contributed by atoms with Gasteiger partial charge in [0.1, 0.15) is 5.75 Å². The van der Waals surface area contributed by atoms with Gasteiger partial charge in [0.05, 0.1) is 21.5 Å². The minimum atomic E-state index is -0.196. The lowest BCUT2D eigenvalue weighted by Gasteiger charge is -2.08. The summed E-state index contributed by atoms with van der Waals surface area (Å²) in [5, 5.41) is 12.7. The van der Waals surface area contributed by atoms with Gasteiger partial charge in [0.25, 0.3) is 0 Å². The van der Waals surface area contributed by atoms with E-state index >= 15 is 0 Å². The van der Waals surface area contributed by atoms with Crippen LogP contribution in [0.2, 0.25) is 10.0 Å². The monoisotopic (exact) mass is 327 g/mol. The van der Waals surface area contributed by atoms with Crippen LogP contribution in [0.3, 0.4) is 0 Å². The Morgan fingerprint density at radius 2 is 1.70 bits per heavy atom. The van der Waals surface area contributed by atoms with Gasteiger partial charge in [0.2, 0.25) is 5.91 Å². The summed E-state index contributed by atoms with van der Waals surface area (Å²) in [6.07, 6.45) is 0. The second kappa shape index (κ2) is 6.88. The number of benzene rings is 2. The molecule has 0 atom stereocenters. The molecular formula is C14H11Cl2NO2S. The summed E-state index contributed by atoms with van der Waals surface area (Å²) in [4.78, 5) is 12.8. The van der Waals surface area contributed by atoms with Crippen LogP contribution in [0.5, 0.6) is 5.75 Å². The molecule has 6 heteroatoms. The van der Waals surface area contributed by atoms with E-state index in [9.17, 15) is 9.90 Å². The van der Waals surface area contributed by atoms with Crippen molar-refractivity contribution in [2.45, 2.75) is 4.90 Å². The number of carbonyl (C=O) groups is 1. The molecule has 0 aromatic heterocycles. The SMILES string of the molecule is O=C(CSc1ccc(O)cc1)Nc1c(Cl)cccc1Cl. The van der Waals surface area contributed by atoms with Gasteiger partial charge in [-0.05, 0) is 36.4 Å². The van der Waals surface area contributed by atoms with Crippen molar-refractivity contribution in [3.8, 4) is 5.75 Å². The van der Waals surface area contributed by atoms with Crippen molar-refractivity contribution in [1.82, 2.24) is 0 Å². The Kier molecular flexibility index (Phi) is 5.17. The van der Waals surface area contributed by atoms with Crippen molar-refractivity contribution in [1.29, 1.82) is 0 Å². The Bertz CT molecular complexity index is 597. The molecule has 0 radical (unpaired) electrons. The fourth-order valence-electron chi connectivity index (χ4n) is 1.48. The Balaban J connectivity index is 1.94. The molecule has 104 valence electrons. The van der Waals surface area contributed by atoms with E-state index in [0.717, 1.165) is 4.90 Å². The minimum Gasteiger partial charge on any atom is -0.508 e. The molecule has 0 unspecified atom stereocenters. The maximum Gasteiger partial charge on any atom is 0.234 e. The number of hydrogen-bond acceptors (Lipinski definition) is 3. The van der Waals surface area contributed by atoms with Crippen LogP contribution in [0.4, 0.5) is 5.69 Å². The Hall–Kier alpha value is -1.36. The standard InChI is InChI=1S/C14H11Cl2NO2S/c15-11-2-1-3-12(16)14(11)17-13(19)8-20-10-6-4-9(18)5-7-10/h1-7,18H,8H2,(H,17,19). The Labute approximate surface area is 130 Å². The number of phenolic OH excluding ortho intramolecular Hbond substituents is 1. The molecule has 20 heavy (non-hydrogen) atoms. The number of thioether (sulfide) groups is 1. The molecule has 1 amide bonds. The number of halogens is 2. The van der Waals surface area contributed by atoms with Gasteiger partial charge in [-0.25, -0.2) is 0 Å². The second-order valence-corrected chi connectivity index (χ2v) is 5.79. The maximum atomic E-state index is 11.9. The summed E-state index contributed by atoms with van der Waals surface area (Å²) in [6.45, 7) is 0. The van der Waals surface area contributed by atoms with Crippen LogP contribution in [0.1, 0.15) is 0 Å². The third-order valence-corrected chi connectivity index (χ3v) is 4.08. The lowest BCUT2D eigenvalue weighted by Crippen LogP contribution is -2.14. The highest BCUT2D eigenvalue weighted by molar-refractivity contribution is 8.00. The minimum absolute atomic E-state index is 0.196. The highest BCUT2D eigenvalue weighted by Crippen LogP contribution is 2.30. The van der Waals surface area contributed by atoms with Crippen molar-refractivity contribution in [3.05, 3.63) is 52.5 Å². The van der Waals surface area contributed by atoms with Gasteiger partial charge in [0, 0.05) is 4.90 Å². The summed E-state index contributed by atoms with van der Waals surface area (Å²) < 4.78 is 0. The number of para-hydroxylation sites is 1. The van der Waals surface area contributed by atoms with Crippen molar-refractivity contribution in [3.63, 3.8) is 0 Å². The van der Waals surface area contributed by atoms with Crippen LogP contribution in [0.15, 0.2) is 47.4 Å². The number of phenols is 1. The molecule has 0 fully saturated rings. The van der Waals surface area contributed by atoms with E-state index in [0.29, 0.717) is 15.7 Å². The number of hydrogen-bond donors (Lipinski definition) is 2. The van der Waals surface area contributed by atoms with Gasteiger partial charge in [-0.15, -0.1) is 11.8 Å². The molecule has 0 bridgehead atoms. The molecule has 2 N–H and O–H groups in total. The van der Waals surface area contributed by atoms with Gasteiger partial charge in [-0.1, -0.05) is 29.3 Å². The molecule has 0 spiro atoms. The smallest absolute Gasteiger partial charge is 0.234 e. The van der Waals surface area contributed by atoms with E-state index in [4.69, 9.17) is 23.2 Å². The van der Waals surface area contributed by atoms with Gasteiger partial charge in [-0.2, -0.15) is 0 Å². The molecule has 2 aromatic carbocycles. The van der Waals surface area contributed by atoms with Crippen LogP contribution in [-0.4, -0.2) is 16.8 Å². The van der Waals surface area contributed by atoms with E-state index in [1.165, 1.54) is 11.8 Å². The van der Waals surface area contributed by atoms with Gasteiger partial charge in [-0.3, -0.25) is 4.79 Å². The summed E-state index contributed by atoms with van der Waals surface area (Å²) in [5.74, 6) is 0.228. The normalized spacial score (nSPS) is 10.3. The molecule has 0 aliphatic rings. The summed E-state index contributed by atoms with van der Waals surface area (Å²) >= 11 is 13.3. The molecule has 0 aliphatic heterocycles. The zero-order valence-electron chi connectivity index (χ0n) is 10.3. The fraction of sp³-hybridized carbons (Fsp3) is 0.0714. The highest BCUT2D eigenvalue weighted by atomic mass is 35.5. The van der Waals surface area contributed by atoms with Crippen molar-refractivity contribution in [2.24, 2.45) is 0 Å². The summed E-state index contributed by atoms with van der Waals surface area (Å²) in [5.41, 5.74) is 0.423. The van der Waals surface area contributed by atoms with Crippen molar-refractivity contribution < 1.29 is 9.90 Å². The molecule has 0 saturated carbocycles. The number of aromatic hydroxyl groups is 1. The van der Waals surface area contributed by atoms with Crippen LogP contribution < -0.4 is 5.32 Å². The third-order valence-electron chi connectivity index (χ3n) is 2.43. The highest BCUT2D eigenvalue weighted by Gasteiger charge is 2.09. The van der Waals surface area contributed by atoms with Crippen LogP contribution in [0.25, 0.3) is 0 Å². The van der Waals surface area contributed by atoms with E-state index in [1.807, 2.05) is 0 Å². The number of carbonyl (C=O) groups excluding carboxylic acids is 1. The van der Waals surface area contributed by atoms with Crippen molar-refractivity contribution in [2.75, 3.05) is 11.1 Å². The van der Waals surface area contributed by atoms with Gasteiger partial charge in [0.15, 0.2) is 0 Å². The predicted octanol–water partition coefficient (Wildman–Crippen LogP) is 4.43. The van der Waals surface area contributed by atoms with Crippen LogP contribution in [-0.2, 0) is 4.79 Å². The average Bonchev–Trinajstić information content (AvgIpc) is 2.42. The van der Waals surface area contributed by atoms with E-state index in [1.54, 1.807) is 42.5 Å². The molecule has 3 nitrogen and oxygen atoms in total. The lowest BCUT2D eigenvalue weighted by molar-refractivity contribution is -0.113.